The Morgan fingerprint density at radius 2 is 1.59 bits per heavy atom. The largest absolute Gasteiger partial charge is 0.381 e. The number of nitro groups is 1. The number of nitrogens with one attached hydrogen (secondary N) is 3. The highest BCUT2D eigenvalue weighted by Crippen LogP contribution is 2.56. The van der Waals surface area contributed by atoms with Crippen LogP contribution in [0.3, 0.4) is 0 Å². The van der Waals surface area contributed by atoms with Gasteiger partial charge < -0.3 is 20.3 Å². The van der Waals surface area contributed by atoms with Gasteiger partial charge in [-0.05, 0) is 154 Å². The number of piperazine rings is 1. The molecule has 2 unspecified atom stereocenters. The van der Waals surface area contributed by atoms with Crippen molar-refractivity contribution in [2.45, 2.75) is 89.0 Å². The number of carbonyl (C=O) groups is 1. The zero-order valence-corrected chi connectivity index (χ0v) is 34.1. The first-order valence-electron chi connectivity index (χ1n) is 21.4. The second-order valence-electron chi connectivity index (χ2n) is 18.9. The van der Waals surface area contributed by atoms with E-state index in [9.17, 15) is 23.3 Å². The fraction of sp³-hybridized carbons (Fsp3) is 0.698. The number of benzene rings is 2. The Bertz CT molecular complexity index is 1800. The second kappa shape index (κ2) is 16.5. The minimum absolute atomic E-state index is 0.201. The molecule has 4 bridgehead atoms. The first kappa shape index (κ1) is 39.6. The molecule has 2 aromatic rings. The van der Waals surface area contributed by atoms with E-state index in [1.54, 1.807) is 12.1 Å². The van der Waals surface area contributed by atoms with Crippen LogP contribution < -0.4 is 20.3 Å². The number of hydrogen-bond acceptors (Lipinski definition) is 10. The van der Waals surface area contributed by atoms with Crippen LogP contribution in [-0.2, 0) is 14.8 Å². The van der Waals surface area contributed by atoms with Crippen LogP contribution in [0.15, 0.2) is 47.4 Å². The Morgan fingerprint density at radius 3 is 2.25 bits per heavy atom. The third kappa shape index (κ3) is 9.06. The molecule has 2 heterocycles. The summed E-state index contributed by atoms with van der Waals surface area (Å²) in [5.74, 6) is 5.05. The van der Waals surface area contributed by atoms with Gasteiger partial charge >= 0.3 is 0 Å². The molecule has 12 nitrogen and oxygen atoms in total. The van der Waals surface area contributed by atoms with Crippen molar-refractivity contribution in [1.29, 1.82) is 0 Å². The molecule has 56 heavy (non-hydrogen) atoms. The standard InChI is InChI=1S/C43H62N6O6S/c1-43(2)12-9-39(45-27-38-33-20-30-19-31(22-33)23-34(38)21-30)35(25-43)28-47-13-15-48(16-14-47)36-5-3-32(4-6-36)42(50)46-56(53,54)37-7-8-40(41(24-37)49(51)52)44-26-29-10-17-55-18-11-29/h3-8,24,29-31,33-35,38-39,44-45H,9-23,25-28H2,1-2H3,(H,46,50). The molecule has 0 spiro atoms. The Labute approximate surface area is 333 Å². The summed E-state index contributed by atoms with van der Waals surface area (Å²) < 4.78 is 33.9. The second-order valence-corrected chi connectivity index (χ2v) is 20.6. The number of rotatable bonds is 13. The van der Waals surface area contributed by atoms with Crippen LogP contribution in [0.4, 0.5) is 17.1 Å². The topological polar surface area (TPSA) is 146 Å². The Hall–Kier alpha value is -3.26. The number of carbonyl (C=O) groups excluding carboxylic acids is 1. The van der Waals surface area contributed by atoms with Crippen molar-refractivity contribution in [2.75, 3.05) is 69.2 Å². The molecule has 2 aromatic carbocycles. The normalized spacial score (nSPS) is 30.6. The third-order valence-corrected chi connectivity index (χ3v) is 15.9. The van der Waals surface area contributed by atoms with Crippen LogP contribution in [0.1, 0.15) is 88.4 Å². The fourth-order valence-corrected chi connectivity index (χ4v) is 12.6. The van der Waals surface area contributed by atoms with E-state index in [4.69, 9.17) is 4.74 Å². The molecule has 1 amide bonds. The highest BCUT2D eigenvalue weighted by molar-refractivity contribution is 7.90. The molecule has 0 aromatic heterocycles. The van der Waals surface area contributed by atoms with Crippen LogP contribution in [0, 0.1) is 57.0 Å². The molecule has 7 fully saturated rings. The summed E-state index contributed by atoms with van der Waals surface area (Å²) in [5, 5.41) is 19.2. The summed E-state index contributed by atoms with van der Waals surface area (Å²) in [4.78, 5) is 29.0. The van der Waals surface area contributed by atoms with E-state index in [0.717, 1.165) is 86.9 Å². The molecule has 2 saturated heterocycles. The first-order chi connectivity index (χ1) is 26.9. The lowest BCUT2D eigenvalue weighted by molar-refractivity contribution is -0.384. The van der Waals surface area contributed by atoms with Gasteiger partial charge in [-0.15, -0.1) is 0 Å². The minimum Gasteiger partial charge on any atom is -0.381 e. The molecule has 0 radical (unpaired) electrons. The van der Waals surface area contributed by atoms with Crippen molar-refractivity contribution in [3.8, 4) is 0 Å². The number of nitrogens with zero attached hydrogens (tertiary/aromatic N) is 3. The molecule has 13 heteroatoms. The van der Waals surface area contributed by atoms with Gasteiger partial charge in [-0.25, -0.2) is 13.1 Å². The van der Waals surface area contributed by atoms with Gasteiger partial charge in [-0.3, -0.25) is 19.8 Å². The highest BCUT2D eigenvalue weighted by atomic mass is 32.2. The molecule has 306 valence electrons. The van der Waals surface area contributed by atoms with Crippen LogP contribution in [-0.4, -0.2) is 89.2 Å². The van der Waals surface area contributed by atoms with E-state index >= 15 is 0 Å². The van der Waals surface area contributed by atoms with Gasteiger partial charge in [0.15, 0.2) is 0 Å². The maximum absolute atomic E-state index is 13.2. The molecule has 2 aliphatic heterocycles. The van der Waals surface area contributed by atoms with Crippen molar-refractivity contribution in [2.24, 2.45) is 46.8 Å². The average Bonchev–Trinajstić information content (AvgIpc) is 3.17. The van der Waals surface area contributed by atoms with Crippen molar-refractivity contribution < 1.29 is 22.9 Å². The molecule has 9 rings (SSSR count). The summed E-state index contributed by atoms with van der Waals surface area (Å²) in [6.07, 6.45) is 13.0. The number of hydrogen-bond donors (Lipinski definition) is 3. The van der Waals surface area contributed by atoms with E-state index in [1.165, 1.54) is 70.0 Å². The van der Waals surface area contributed by atoms with Gasteiger partial charge in [0.05, 0.1) is 9.82 Å². The summed E-state index contributed by atoms with van der Waals surface area (Å²) in [6, 6.07) is 11.3. The van der Waals surface area contributed by atoms with Gasteiger partial charge in [0.25, 0.3) is 21.6 Å². The summed E-state index contributed by atoms with van der Waals surface area (Å²) in [7, 11) is -4.36. The minimum atomic E-state index is -4.36. The predicted octanol–water partition coefficient (Wildman–Crippen LogP) is 6.53. The highest BCUT2D eigenvalue weighted by Gasteiger charge is 2.48. The van der Waals surface area contributed by atoms with Gasteiger partial charge in [-0.2, -0.15) is 0 Å². The Kier molecular flexibility index (Phi) is 11.7. The van der Waals surface area contributed by atoms with Gasteiger partial charge in [0, 0.05) is 75.8 Å². The quantitative estimate of drug-likeness (QED) is 0.151. The van der Waals surface area contributed by atoms with Crippen LogP contribution in [0.25, 0.3) is 0 Å². The van der Waals surface area contributed by atoms with E-state index in [1.807, 2.05) is 12.1 Å². The maximum atomic E-state index is 13.2. The molecule has 2 atom stereocenters. The lowest BCUT2D eigenvalue weighted by Gasteiger charge is -2.55. The Morgan fingerprint density at radius 1 is 0.911 bits per heavy atom. The lowest BCUT2D eigenvalue weighted by Crippen LogP contribution is -2.54. The molecule has 7 aliphatic rings. The first-order valence-corrected chi connectivity index (χ1v) is 22.9. The summed E-state index contributed by atoms with van der Waals surface area (Å²) in [6.45, 7) is 12.8. The number of amides is 1. The van der Waals surface area contributed by atoms with E-state index in [0.29, 0.717) is 43.1 Å². The maximum Gasteiger partial charge on any atom is 0.293 e. The van der Waals surface area contributed by atoms with Crippen molar-refractivity contribution >= 4 is 33.0 Å². The number of sulfonamides is 1. The van der Waals surface area contributed by atoms with Crippen LogP contribution in [0.5, 0.6) is 0 Å². The molecule has 5 aliphatic carbocycles. The van der Waals surface area contributed by atoms with Gasteiger partial charge in [0.1, 0.15) is 5.69 Å². The zero-order chi connectivity index (χ0) is 39.0. The fourth-order valence-electron chi connectivity index (χ4n) is 11.6. The average molecular weight is 791 g/mol. The molecule has 5 saturated carbocycles. The van der Waals surface area contributed by atoms with Crippen molar-refractivity contribution in [3.63, 3.8) is 0 Å². The molecule has 3 N–H and O–H groups in total. The molecular formula is C43H62N6O6S. The third-order valence-electron chi connectivity index (χ3n) is 14.5. The van der Waals surface area contributed by atoms with Crippen molar-refractivity contribution in [1.82, 2.24) is 14.9 Å². The number of nitro benzene ring substituents is 1. The number of anilines is 2. The zero-order valence-electron chi connectivity index (χ0n) is 33.3. The van der Waals surface area contributed by atoms with E-state index in [-0.39, 0.29) is 21.8 Å². The van der Waals surface area contributed by atoms with Crippen LogP contribution in [0.2, 0.25) is 0 Å². The summed E-state index contributed by atoms with van der Waals surface area (Å²) in [5.41, 5.74) is 1.46. The Balaban J connectivity index is 0.827. The molecular weight excluding hydrogens is 729 g/mol. The predicted molar refractivity (Wildman–Crippen MR) is 218 cm³/mol. The van der Waals surface area contributed by atoms with Crippen molar-refractivity contribution in [3.05, 3.63) is 58.1 Å². The van der Waals surface area contributed by atoms with Gasteiger partial charge in [0.2, 0.25) is 0 Å². The van der Waals surface area contributed by atoms with E-state index < -0.39 is 20.9 Å². The lowest BCUT2D eigenvalue weighted by atomic mass is 9.52. The van der Waals surface area contributed by atoms with E-state index in [2.05, 4.69) is 39.0 Å². The monoisotopic (exact) mass is 790 g/mol. The summed E-state index contributed by atoms with van der Waals surface area (Å²) >= 11 is 0. The SMILES string of the molecule is CC1(C)CCC(NCC2C3CC4CC(C3)CC2C4)C(CN2CCN(c3ccc(C(=O)NS(=O)(=O)c4ccc(NCC5CCOCC5)c([N+](=O)[O-])c4)cc3)CC2)C1. The number of ether oxygens (including phenoxy) is 1. The van der Waals surface area contributed by atoms with Gasteiger partial charge in [-0.1, -0.05) is 13.8 Å². The van der Waals surface area contributed by atoms with Crippen LogP contribution >= 0.6 is 0 Å². The smallest absolute Gasteiger partial charge is 0.293 e.